The lowest BCUT2D eigenvalue weighted by Crippen LogP contribution is -2.43. The van der Waals surface area contributed by atoms with Gasteiger partial charge in [0, 0.05) is 17.8 Å². The molecule has 3 nitrogen and oxygen atoms in total. The van der Waals surface area contributed by atoms with Gasteiger partial charge in [0.05, 0.1) is 22.9 Å². The first-order valence-corrected chi connectivity index (χ1v) is 8.00. The third-order valence-electron chi connectivity index (χ3n) is 3.95. The quantitative estimate of drug-likeness (QED) is 0.909. The van der Waals surface area contributed by atoms with Gasteiger partial charge in [-0.05, 0) is 31.2 Å². The molecular weight excluding hydrogens is 254 g/mol. The highest BCUT2D eigenvalue weighted by atomic mass is 32.2. The summed E-state index contributed by atoms with van der Waals surface area (Å²) in [5.74, 6) is 0. The molecular formula is C15H19N3S. The van der Waals surface area contributed by atoms with Gasteiger partial charge in [-0.15, -0.1) is 0 Å². The van der Waals surface area contributed by atoms with Gasteiger partial charge >= 0.3 is 0 Å². The molecule has 0 atom stereocenters. The molecule has 1 aromatic carbocycles. The lowest BCUT2D eigenvalue weighted by atomic mass is 9.84. The monoisotopic (exact) mass is 273 g/mol. The van der Waals surface area contributed by atoms with Gasteiger partial charge in [-0.1, -0.05) is 18.6 Å². The maximum Gasteiger partial charge on any atom is 0.0890 e. The summed E-state index contributed by atoms with van der Waals surface area (Å²) < 4.78 is 0.476. The molecule has 0 spiro atoms. The number of para-hydroxylation sites is 2. The van der Waals surface area contributed by atoms with Crippen LogP contribution in [0.1, 0.15) is 25.0 Å². The molecule has 1 heterocycles. The highest BCUT2D eigenvalue weighted by Crippen LogP contribution is 2.42. The minimum atomic E-state index is 0.476. The van der Waals surface area contributed by atoms with E-state index < -0.39 is 0 Å². The molecule has 19 heavy (non-hydrogen) atoms. The lowest BCUT2D eigenvalue weighted by Gasteiger charge is -2.40. The summed E-state index contributed by atoms with van der Waals surface area (Å²) in [6, 6.07) is 8.01. The van der Waals surface area contributed by atoms with E-state index in [0.29, 0.717) is 4.75 Å². The summed E-state index contributed by atoms with van der Waals surface area (Å²) in [6.45, 7) is 1.88. The minimum Gasteiger partial charge on any atom is -0.310 e. The first kappa shape index (κ1) is 12.9. The zero-order valence-corrected chi connectivity index (χ0v) is 12.0. The van der Waals surface area contributed by atoms with Crippen LogP contribution in [-0.4, -0.2) is 27.5 Å². The van der Waals surface area contributed by atoms with Gasteiger partial charge in [0.25, 0.3) is 0 Å². The second-order valence-corrected chi connectivity index (χ2v) is 6.47. The van der Waals surface area contributed by atoms with Crippen molar-refractivity contribution >= 4 is 22.8 Å². The highest BCUT2D eigenvalue weighted by Gasteiger charge is 2.35. The third kappa shape index (κ3) is 2.74. The number of hydrogen-bond acceptors (Lipinski definition) is 4. The molecule has 1 aliphatic carbocycles. The summed E-state index contributed by atoms with van der Waals surface area (Å²) in [6.07, 6.45) is 8.14. The molecule has 0 saturated heterocycles. The molecule has 4 heteroatoms. The molecule has 1 aliphatic rings. The fraction of sp³-hybridized carbons (Fsp3) is 0.467. The maximum atomic E-state index is 4.63. The van der Waals surface area contributed by atoms with E-state index in [0.717, 1.165) is 29.8 Å². The van der Waals surface area contributed by atoms with E-state index in [1.807, 2.05) is 42.2 Å². The van der Waals surface area contributed by atoms with Crippen LogP contribution < -0.4 is 5.32 Å². The number of thioether (sulfide) groups is 1. The number of nitrogens with zero attached hydrogens (tertiary/aromatic N) is 2. The van der Waals surface area contributed by atoms with Gasteiger partial charge < -0.3 is 5.32 Å². The van der Waals surface area contributed by atoms with Crippen molar-refractivity contribution in [2.45, 2.75) is 30.6 Å². The van der Waals surface area contributed by atoms with Crippen molar-refractivity contribution in [3.8, 4) is 0 Å². The SMILES string of the molecule is CSC1(CNCc2cnc3ccccc3n2)CCC1. The molecule has 0 unspecified atom stereocenters. The van der Waals surface area contributed by atoms with Gasteiger partial charge in [-0.25, -0.2) is 4.98 Å². The van der Waals surface area contributed by atoms with Crippen LogP contribution in [0.25, 0.3) is 11.0 Å². The predicted molar refractivity (Wildman–Crippen MR) is 81.3 cm³/mol. The zero-order chi connectivity index (χ0) is 13.1. The molecule has 1 N–H and O–H groups in total. The summed E-state index contributed by atoms with van der Waals surface area (Å²) in [4.78, 5) is 9.08. The van der Waals surface area contributed by atoms with Gasteiger partial charge in [0.15, 0.2) is 0 Å². The van der Waals surface area contributed by atoms with E-state index in [1.165, 1.54) is 19.3 Å². The second-order valence-electron chi connectivity index (χ2n) is 5.19. The average Bonchev–Trinajstić information content (AvgIpc) is 2.42. The molecule has 2 aromatic rings. The summed E-state index contributed by atoms with van der Waals surface area (Å²) in [7, 11) is 0. The van der Waals surface area contributed by atoms with Crippen LogP contribution in [0.15, 0.2) is 30.5 Å². The maximum absolute atomic E-state index is 4.63. The lowest BCUT2D eigenvalue weighted by molar-refractivity contribution is 0.345. The Morgan fingerprint density at radius 1 is 1.26 bits per heavy atom. The summed E-state index contributed by atoms with van der Waals surface area (Å²) in [5.41, 5.74) is 2.96. The first-order chi connectivity index (χ1) is 9.31. The Morgan fingerprint density at radius 2 is 2.05 bits per heavy atom. The largest absolute Gasteiger partial charge is 0.310 e. The van der Waals surface area contributed by atoms with E-state index in [-0.39, 0.29) is 0 Å². The average molecular weight is 273 g/mol. The number of benzene rings is 1. The summed E-state index contributed by atoms with van der Waals surface area (Å²) >= 11 is 2.00. The molecule has 1 aromatic heterocycles. The van der Waals surface area contributed by atoms with Gasteiger partial charge in [0.2, 0.25) is 0 Å². The second kappa shape index (κ2) is 5.47. The number of rotatable bonds is 5. The van der Waals surface area contributed by atoms with Crippen molar-refractivity contribution < 1.29 is 0 Å². The van der Waals surface area contributed by atoms with Crippen molar-refractivity contribution in [1.29, 1.82) is 0 Å². The van der Waals surface area contributed by atoms with E-state index in [2.05, 4.69) is 21.5 Å². The molecule has 0 aliphatic heterocycles. The fourth-order valence-electron chi connectivity index (χ4n) is 2.52. The number of nitrogens with one attached hydrogen (secondary N) is 1. The smallest absolute Gasteiger partial charge is 0.0890 e. The van der Waals surface area contributed by atoms with Crippen LogP contribution in [-0.2, 0) is 6.54 Å². The highest BCUT2D eigenvalue weighted by molar-refractivity contribution is 8.00. The van der Waals surface area contributed by atoms with Crippen molar-refractivity contribution in [2.24, 2.45) is 0 Å². The van der Waals surface area contributed by atoms with Gasteiger partial charge in [0.1, 0.15) is 0 Å². The van der Waals surface area contributed by atoms with Crippen molar-refractivity contribution in [2.75, 3.05) is 12.8 Å². The van der Waals surface area contributed by atoms with Gasteiger partial charge in [-0.2, -0.15) is 11.8 Å². The van der Waals surface area contributed by atoms with Crippen molar-refractivity contribution in [1.82, 2.24) is 15.3 Å². The molecule has 100 valence electrons. The first-order valence-electron chi connectivity index (χ1n) is 6.78. The number of fused-ring (bicyclic) bond motifs is 1. The molecule has 0 amide bonds. The van der Waals surface area contributed by atoms with Crippen LogP contribution >= 0.6 is 11.8 Å². The van der Waals surface area contributed by atoms with E-state index in [1.54, 1.807) is 0 Å². The van der Waals surface area contributed by atoms with Crippen molar-refractivity contribution in [3.63, 3.8) is 0 Å². The Morgan fingerprint density at radius 3 is 2.74 bits per heavy atom. The standard InChI is InChI=1S/C15H19N3S/c1-19-15(7-4-8-15)11-16-9-12-10-17-13-5-2-3-6-14(13)18-12/h2-3,5-6,10,16H,4,7-9,11H2,1H3. The number of aromatic nitrogens is 2. The summed E-state index contributed by atoms with van der Waals surface area (Å²) in [5, 5.41) is 3.54. The van der Waals surface area contributed by atoms with Crippen LogP contribution in [0.4, 0.5) is 0 Å². The third-order valence-corrected chi connectivity index (χ3v) is 5.37. The van der Waals surface area contributed by atoms with E-state index in [9.17, 15) is 0 Å². The van der Waals surface area contributed by atoms with Crippen LogP contribution in [0.2, 0.25) is 0 Å². The van der Waals surface area contributed by atoms with Crippen molar-refractivity contribution in [3.05, 3.63) is 36.2 Å². The van der Waals surface area contributed by atoms with Crippen LogP contribution in [0.5, 0.6) is 0 Å². The molecule has 0 radical (unpaired) electrons. The van der Waals surface area contributed by atoms with Crippen LogP contribution in [0, 0.1) is 0 Å². The normalized spacial score (nSPS) is 17.3. The predicted octanol–water partition coefficient (Wildman–Crippen LogP) is 3.01. The Hall–Kier alpha value is -1.13. The fourth-order valence-corrected chi connectivity index (χ4v) is 3.47. The number of hydrogen-bond donors (Lipinski definition) is 1. The zero-order valence-electron chi connectivity index (χ0n) is 11.2. The van der Waals surface area contributed by atoms with E-state index in [4.69, 9.17) is 0 Å². The molecule has 0 bridgehead atoms. The molecule has 3 rings (SSSR count). The topological polar surface area (TPSA) is 37.8 Å². The Labute approximate surface area is 118 Å². The van der Waals surface area contributed by atoms with Crippen LogP contribution in [0.3, 0.4) is 0 Å². The van der Waals surface area contributed by atoms with E-state index >= 15 is 0 Å². The van der Waals surface area contributed by atoms with Gasteiger partial charge in [-0.3, -0.25) is 4.98 Å². The Balaban J connectivity index is 1.62. The minimum absolute atomic E-state index is 0.476. The Kier molecular flexibility index (Phi) is 3.71. The molecule has 1 saturated carbocycles. The Bertz CT molecular complexity index is 561. The molecule has 1 fully saturated rings.